The quantitative estimate of drug-likeness (QED) is 0.873. The number of hydrogen-bond acceptors (Lipinski definition) is 4. The first-order valence-corrected chi connectivity index (χ1v) is 7.25. The number of imidazole rings is 1. The molecule has 1 N–H and O–H groups in total. The maximum atomic E-state index is 5.42. The van der Waals surface area contributed by atoms with Gasteiger partial charge >= 0.3 is 0 Å². The Labute approximate surface area is 111 Å². The second-order valence-electron chi connectivity index (χ2n) is 4.88. The first-order valence-electron chi connectivity index (χ1n) is 6.27. The van der Waals surface area contributed by atoms with E-state index < -0.39 is 0 Å². The fraction of sp³-hybridized carbons (Fsp3) is 0.667. The molecule has 0 unspecified atom stereocenters. The summed E-state index contributed by atoms with van der Waals surface area (Å²) in [6, 6.07) is 0. The van der Waals surface area contributed by atoms with E-state index in [1.807, 2.05) is 35.8 Å². The molecule has 2 aliphatic rings. The summed E-state index contributed by atoms with van der Waals surface area (Å²) in [6.07, 6.45) is 5.93. The minimum absolute atomic E-state index is 0.226. The molecule has 3 rings (SSSR count). The van der Waals surface area contributed by atoms with Crippen molar-refractivity contribution in [1.82, 2.24) is 14.9 Å². The van der Waals surface area contributed by atoms with Crippen LogP contribution in [0.1, 0.15) is 18.7 Å². The predicted octanol–water partition coefficient (Wildman–Crippen LogP) is 1.16. The highest BCUT2D eigenvalue weighted by molar-refractivity contribution is 8.14. The summed E-state index contributed by atoms with van der Waals surface area (Å²) in [7, 11) is 2.00. The SMILES string of the molecule is Cn1ccnc1CN=C1NC2(CCOCC2)CS1. The van der Waals surface area contributed by atoms with E-state index >= 15 is 0 Å². The van der Waals surface area contributed by atoms with E-state index in [1.54, 1.807) is 0 Å². The molecule has 3 heterocycles. The Bertz CT molecular complexity index is 451. The Morgan fingerprint density at radius 2 is 2.39 bits per heavy atom. The van der Waals surface area contributed by atoms with Crippen LogP contribution in [0.25, 0.3) is 0 Å². The Morgan fingerprint density at radius 3 is 3.11 bits per heavy atom. The third-order valence-electron chi connectivity index (χ3n) is 3.59. The lowest BCUT2D eigenvalue weighted by molar-refractivity contribution is 0.0555. The molecule has 0 amide bonds. The van der Waals surface area contributed by atoms with Crippen LogP contribution < -0.4 is 5.32 Å². The molecule has 0 aromatic carbocycles. The van der Waals surface area contributed by atoms with Crippen molar-refractivity contribution in [3.63, 3.8) is 0 Å². The van der Waals surface area contributed by atoms with Gasteiger partial charge in [-0.05, 0) is 12.8 Å². The van der Waals surface area contributed by atoms with E-state index in [0.717, 1.165) is 42.8 Å². The lowest BCUT2D eigenvalue weighted by Gasteiger charge is -2.32. The summed E-state index contributed by atoms with van der Waals surface area (Å²) in [6.45, 7) is 2.37. The second kappa shape index (κ2) is 4.93. The number of nitrogens with one attached hydrogen (secondary N) is 1. The van der Waals surface area contributed by atoms with Gasteiger partial charge in [0.05, 0.1) is 12.1 Å². The number of thioether (sulfide) groups is 1. The zero-order valence-corrected chi connectivity index (χ0v) is 11.4. The molecule has 0 radical (unpaired) electrons. The molecule has 0 aliphatic carbocycles. The Balaban J connectivity index is 1.63. The third-order valence-corrected chi connectivity index (χ3v) is 4.79. The number of aliphatic imine (C=N–C) groups is 1. The molecule has 98 valence electrons. The van der Waals surface area contributed by atoms with E-state index in [0.29, 0.717) is 6.54 Å². The number of nitrogens with zero attached hydrogens (tertiary/aromatic N) is 3. The molecule has 1 spiro atoms. The van der Waals surface area contributed by atoms with Crippen LogP contribution in [0.2, 0.25) is 0 Å². The minimum atomic E-state index is 0.226. The molecular formula is C12H18N4OS. The van der Waals surface area contributed by atoms with Crippen LogP contribution >= 0.6 is 11.8 Å². The van der Waals surface area contributed by atoms with Crippen LogP contribution in [-0.4, -0.2) is 39.2 Å². The van der Waals surface area contributed by atoms with Crippen molar-refractivity contribution in [3.8, 4) is 0 Å². The molecule has 2 fully saturated rings. The van der Waals surface area contributed by atoms with Crippen molar-refractivity contribution in [3.05, 3.63) is 18.2 Å². The molecule has 6 heteroatoms. The molecule has 0 bridgehead atoms. The van der Waals surface area contributed by atoms with Gasteiger partial charge in [-0.2, -0.15) is 0 Å². The van der Waals surface area contributed by atoms with E-state index in [4.69, 9.17) is 4.74 Å². The average molecular weight is 266 g/mol. The summed E-state index contributed by atoms with van der Waals surface area (Å²) >= 11 is 1.82. The van der Waals surface area contributed by atoms with Crippen LogP contribution in [0.15, 0.2) is 17.4 Å². The number of ether oxygens (including phenoxy) is 1. The number of rotatable bonds is 2. The lowest BCUT2D eigenvalue weighted by Crippen LogP contribution is -2.48. The Morgan fingerprint density at radius 1 is 1.56 bits per heavy atom. The number of amidine groups is 1. The van der Waals surface area contributed by atoms with Gasteiger partial charge < -0.3 is 14.6 Å². The van der Waals surface area contributed by atoms with Gasteiger partial charge in [0.1, 0.15) is 5.82 Å². The molecular weight excluding hydrogens is 248 g/mol. The van der Waals surface area contributed by atoms with Crippen LogP contribution in [-0.2, 0) is 18.3 Å². The van der Waals surface area contributed by atoms with E-state index in [2.05, 4.69) is 15.3 Å². The maximum Gasteiger partial charge on any atom is 0.157 e. The summed E-state index contributed by atoms with van der Waals surface area (Å²) in [5.74, 6) is 2.10. The van der Waals surface area contributed by atoms with Gasteiger partial charge in [0, 0.05) is 38.4 Å². The summed E-state index contributed by atoms with van der Waals surface area (Å²) < 4.78 is 7.43. The van der Waals surface area contributed by atoms with Crippen molar-refractivity contribution >= 4 is 16.9 Å². The first kappa shape index (κ1) is 12.0. The standard InChI is InChI=1S/C12H18N4OS/c1-16-5-4-13-10(16)8-14-11-15-12(9-18-11)2-6-17-7-3-12/h4-5H,2-3,6-9H2,1H3,(H,14,15). The zero-order valence-electron chi connectivity index (χ0n) is 10.6. The molecule has 0 atom stereocenters. The highest BCUT2D eigenvalue weighted by Gasteiger charge is 2.38. The Hall–Kier alpha value is -1.01. The molecule has 1 aromatic rings. The zero-order chi connectivity index (χ0) is 12.4. The van der Waals surface area contributed by atoms with Gasteiger partial charge in [-0.3, -0.25) is 4.99 Å². The van der Waals surface area contributed by atoms with Crippen molar-refractivity contribution in [2.24, 2.45) is 12.0 Å². The number of aromatic nitrogens is 2. The molecule has 5 nitrogen and oxygen atoms in total. The predicted molar refractivity (Wildman–Crippen MR) is 72.7 cm³/mol. The number of aryl methyl sites for hydroxylation is 1. The monoisotopic (exact) mass is 266 g/mol. The topological polar surface area (TPSA) is 51.4 Å². The fourth-order valence-corrected chi connectivity index (χ4v) is 3.53. The van der Waals surface area contributed by atoms with Crippen LogP contribution in [0.5, 0.6) is 0 Å². The third kappa shape index (κ3) is 2.40. The normalized spacial score (nSPS) is 24.6. The smallest absolute Gasteiger partial charge is 0.157 e. The molecule has 0 saturated carbocycles. The van der Waals surface area contributed by atoms with Crippen molar-refractivity contribution in [2.75, 3.05) is 19.0 Å². The first-order chi connectivity index (χ1) is 8.77. The molecule has 18 heavy (non-hydrogen) atoms. The largest absolute Gasteiger partial charge is 0.381 e. The van der Waals surface area contributed by atoms with Crippen LogP contribution in [0.4, 0.5) is 0 Å². The van der Waals surface area contributed by atoms with Gasteiger partial charge in [-0.15, -0.1) is 0 Å². The maximum absolute atomic E-state index is 5.42. The van der Waals surface area contributed by atoms with Gasteiger partial charge in [-0.25, -0.2) is 4.98 Å². The van der Waals surface area contributed by atoms with Gasteiger partial charge in [0.2, 0.25) is 0 Å². The molecule has 2 aliphatic heterocycles. The highest BCUT2D eigenvalue weighted by Crippen LogP contribution is 2.31. The van der Waals surface area contributed by atoms with Crippen LogP contribution in [0, 0.1) is 0 Å². The average Bonchev–Trinajstić information content (AvgIpc) is 2.96. The summed E-state index contributed by atoms with van der Waals surface area (Å²) in [4.78, 5) is 8.90. The number of hydrogen-bond donors (Lipinski definition) is 1. The minimum Gasteiger partial charge on any atom is -0.381 e. The van der Waals surface area contributed by atoms with E-state index in [9.17, 15) is 0 Å². The highest BCUT2D eigenvalue weighted by atomic mass is 32.2. The summed E-state index contributed by atoms with van der Waals surface area (Å²) in [5.41, 5.74) is 0.226. The van der Waals surface area contributed by atoms with E-state index in [-0.39, 0.29) is 5.54 Å². The second-order valence-corrected chi connectivity index (χ2v) is 5.85. The van der Waals surface area contributed by atoms with Crippen molar-refractivity contribution < 1.29 is 4.74 Å². The van der Waals surface area contributed by atoms with E-state index in [1.165, 1.54) is 0 Å². The van der Waals surface area contributed by atoms with Crippen molar-refractivity contribution in [2.45, 2.75) is 24.9 Å². The van der Waals surface area contributed by atoms with Crippen molar-refractivity contribution in [1.29, 1.82) is 0 Å². The molecule has 2 saturated heterocycles. The van der Waals surface area contributed by atoms with Crippen LogP contribution in [0.3, 0.4) is 0 Å². The van der Waals surface area contributed by atoms with Gasteiger partial charge in [0.15, 0.2) is 5.17 Å². The summed E-state index contributed by atoms with van der Waals surface area (Å²) in [5, 5.41) is 4.64. The Kier molecular flexibility index (Phi) is 3.30. The van der Waals surface area contributed by atoms with Gasteiger partial charge in [-0.1, -0.05) is 11.8 Å². The van der Waals surface area contributed by atoms with Gasteiger partial charge in [0.25, 0.3) is 0 Å². The molecule has 1 aromatic heterocycles. The fourth-order valence-electron chi connectivity index (χ4n) is 2.31. The lowest BCUT2D eigenvalue weighted by atomic mass is 9.93.